The lowest BCUT2D eigenvalue weighted by Crippen LogP contribution is -2.63. The minimum atomic E-state index is -1.80. The Kier molecular flexibility index (Phi) is 13.3. The van der Waals surface area contributed by atoms with Crippen LogP contribution >= 0.6 is 0 Å². The smallest absolute Gasteiger partial charge is 0.248 e. The molecule has 9 nitrogen and oxygen atoms in total. The molecular weight excluding hydrogens is 458 g/mol. The molecule has 0 saturated heterocycles. The van der Waals surface area contributed by atoms with Crippen molar-refractivity contribution < 1.29 is 19.2 Å². The number of unbranched alkanes of at least 4 members (excludes halogenated alkanes) is 1. The van der Waals surface area contributed by atoms with E-state index in [0.717, 1.165) is 5.56 Å². The summed E-state index contributed by atoms with van der Waals surface area (Å²) in [5.41, 5.74) is 16.8. The molecule has 8 N–H and O–H groups in total. The van der Waals surface area contributed by atoms with E-state index in [0.29, 0.717) is 38.6 Å². The van der Waals surface area contributed by atoms with Crippen LogP contribution in [0.15, 0.2) is 30.3 Å². The summed E-state index contributed by atoms with van der Waals surface area (Å²) in [4.78, 5) is 51.7. The van der Waals surface area contributed by atoms with Gasteiger partial charge in [0.25, 0.3) is 0 Å². The van der Waals surface area contributed by atoms with Gasteiger partial charge < -0.3 is 27.8 Å². The Morgan fingerprint density at radius 2 is 1.61 bits per heavy atom. The number of hydrogen-bond donors (Lipinski definition) is 5. The topological polar surface area (TPSA) is 170 Å². The van der Waals surface area contributed by atoms with Crippen LogP contribution in [0.4, 0.5) is 0 Å². The first-order valence-corrected chi connectivity index (χ1v) is 12.9. The second-order valence-electron chi connectivity index (χ2n) is 10.1. The van der Waals surface area contributed by atoms with Crippen molar-refractivity contribution in [1.29, 1.82) is 0 Å². The third-order valence-electron chi connectivity index (χ3n) is 6.35. The van der Waals surface area contributed by atoms with Gasteiger partial charge in [-0.2, -0.15) is 0 Å². The fourth-order valence-corrected chi connectivity index (χ4v) is 4.12. The fraction of sp³-hybridized carbons (Fsp3) is 0.630. The molecule has 1 aromatic carbocycles. The summed E-state index contributed by atoms with van der Waals surface area (Å²) in [7, 11) is 0. The van der Waals surface area contributed by atoms with Crippen molar-refractivity contribution in [1.82, 2.24) is 10.6 Å². The van der Waals surface area contributed by atoms with Crippen molar-refractivity contribution >= 4 is 23.5 Å². The van der Waals surface area contributed by atoms with E-state index in [1.54, 1.807) is 0 Å². The number of rotatable bonds is 17. The first-order valence-electron chi connectivity index (χ1n) is 12.9. The minimum Gasteiger partial charge on any atom is -0.368 e. The summed E-state index contributed by atoms with van der Waals surface area (Å²) in [6.45, 7) is 8.03. The van der Waals surface area contributed by atoms with Crippen LogP contribution in [-0.2, 0) is 19.2 Å². The number of carbonyl (C=O) groups is 4. The van der Waals surface area contributed by atoms with Crippen LogP contribution in [0.2, 0.25) is 0 Å². The highest BCUT2D eigenvalue weighted by Gasteiger charge is 2.43. The molecule has 1 rings (SSSR count). The molecule has 0 aliphatic rings. The van der Waals surface area contributed by atoms with Gasteiger partial charge in [0.2, 0.25) is 17.7 Å². The highest BCUT2D eigenvalue weighted by Crippen LogP contribution is 2.24. The summed E-state index contributed by atoms with van der Waals surface area (Å²) < 4.78 is 0. The van der Waals surface area contributed by atoms with E-state index < -0.39 is 35.3 Å². The van der Waals surface area contributed by atoms with Crippen molar-refractivity contribution in [2.45, 2.75) is 96.2 Å². The van der Waals surface area contributed by atoms with Gasteiger partial charge in [-0.25, -0.2) is 0 Å². The number of ketones is 1. The number of hydrogen-bond acceptors (Lipinski definition) is 6. The van der Waals surface area contributed by atoms with Gasteiger partial charge in [-0.05, 0) is 56.0 Å². The van der Waals surface area contributed by atoms with Gasteiger partial charge >= 0.3 is 0 Å². The second-order valence-corrected chi connectivity index (χ2v) is 10.1. The van der Waals surface area contributed by atoms with Gasteiger partial charge in [-0.15, -0.1) is 0 Å². The zero-order chi connectivity index (χ0) is 27.3. The molecule has 0 bridgehead atoms. The van der Waals surface area contributed by atoms with Gasteiger partial charge in [0.15, 0.2) is 11.3 Å². The van der Waals surface area contributed by atoms with Gasteiger partial charge in [0.05, 0.1) is 0 Å². The van der Waals surface area contributed by atoms with Gasteiger partial charge in [-0.3, -0.25) is 19.2 Å². The number of nitrogens with one attached hydrogen (secondary N) is 2. The summed E-state index contributed by atoms with van der Waals surface area (Å²) in [5, 5.41) is 5.35. The van der Waals surface area contributed by atoms with Crippen LogP contribution in [0.1, 0.15) is 84.1 Å². The number of carbonyl (C=O) groups excluding carboxylic acids is 4. The molecule has 4 atom stereocenters. The maximum Gasteiger partial charge on any atom is 0.248 e. The zero-order valence-electron chi connectivity index (χ0n) is 22.2. The predicted molar refractivity (Wildman–Crippen MR) is 142 cm³/mol. The van der Waals surface area contributed by atoms with E-state index in [-0.39, 0.29) is 30.5 Å². The first kappa shape index (κ1) is 31.3. The largest absolute Gasteiger partial charge is 0.368 e. The van der Waals surface area contributed by atoms with Crippen molar-refractivity contribution in [3.8, 4) is 0 Å². The highest BCUT2D eigenvalue weighted by molar-refractivity contribution is 6.11. The third kappa shape index (κ3) is 9.70. The Morgan fingerprint density at radius 1 is 0.972 bits per heavy atom. The molecule has 0 aliphatic heterocycles. The van der Waals surface area contributed by atoms with Crippen LogP contribution in [0, 0.1) is 5.92 Å². The molecule has 0 aliphatic carbocycles. The number of amides is 3. The van der Waals surface area contributed by atoms with E-state index in [4.69, 9.17) is 17.2 Å². The Morgan fingerprint density at radius 3 is 2.14 bits per heavy atom. The molecule has 202 valence electrons. The molecule has 0 spiro atoms. The number of benzene rings is 1. The van der Waals surface area contributed by atoms with Crippen molar-refractivity contribution in [2.75, 3.05) is 6.54 Å². The highest BCUT2D eigenvalue weighted by atomic mass is 16.2. The van der Waals surface area contributed by atoms with E-state index in [1.807, 2.05) is 58.0 Å². The standard InChI is InChI=1S/C27H45N5O4/c1-5-11-21(25(35)31-22(24(29)34)16-18(2)3)32-26(36)27(30,14-9-10-15-28)23(33)17-19(4)20-12-7-6-8-13-20/h6-8,12-13,18-19,21-22H,5,9-11,14-17,28,30H2,1-4H3,(H2,29,34)(H,31,35)(H,32,36)/t19-,21+,22+,27-/m1/s1. The number of nitrogens with two attached hydrogens (primary N) is 3. The Balaban J connectivity index is 3.09. The van der Waals surface area contributed by atoms with E-state index in [9.17, 15) is 19.2 Å². The van der Waals surface area contributed by atoms with Crippen LogP contribution < -0.4 is 27.8 Å². The van der Waals surface area contributed by atoms with Crippen LogP contribution in [0.3, 0.4) is 0 Å². The quantitative estimate of drug-likeness (QED) is 0.160. The molecule has 36 heavy (non-hydrogen) atoms. The van der Waals surface area contributed by atoms with E-state index in [1.165, 1.54) is 0 Å². The lowest BCUT2D eigenvalue weighted by molar-refractivity contribution is -0.139. The first-order chi connectivity index (χ1) is 17.0. The maximum absolute atomic E-state index is 13.4. The van der Waals surface area contributed by atoms with Gasteiger partial charge in [-0.1, -0.05) is 64.4 Å². The molecule has 0 fully saturated rings. The van der Waals surface area contributed by atoms with Crippen LogP contribution in [0.25, 0.3) is 0 Å². The predicted octanol–water partition coefficient (Wildman–Crippen LogP) is 1.88. The van der Waals surface area contributed by atoms with Crippen LogP contribution in [-0.4, -0.2) is 47.7 Å². The second kappa shape index (κ2) is 15.4. The normalized spacial score (nSPS) is 15.4. The van der Waals surface area contributed by atoms with Crippen LogP contribution in [0.5, 0.6) is 0 Å². The monoisotopic (exact) mass is 503 g/mol. The molecular formula is C27H45N5O4. The fourth-order valence-electron chi connectivity index (χ4n) is 4.12. The van der Waals surface area contributed by atoms with Gasteiger partial charge in [0, 0.05) is 6.42 Å². The molecule has 0 heterocycles. The third-order valence-corrected chi connectivity index (χ3v) is 6.35. The maximum atomic E-state index is 13.4. The Bertz CT molecular complexity index is 861. The molecule has 0 radical (unpaired) electrons. The molecule has 3 amide bonds. The average molecular weight is 504 g/mol. The number of Topliss-reactive ketones (excluding diaryl/α,β-unsaturated/α-hetero) is 1. The summed E-state index contributed by atoms with van der Waals surface area (Å²) in [5.74, 6) is -2.25. The molecule has 0 unspecified atom stereocenters. The Hall–Kier alpha value is -2.78. The van der Waals surface area contributed by atoms with Crippen molar-refractivity contribution in [3.63, 3.8) is 0 Å². The van der Waals surface area contributed by atoms with Crippen molar-refractivity contribution in [2.24, 2.45) is 23.1 Å². The number of primary amides is 1. The summed E-state index contributed by atoms with van der Waals surface area (Å²) in [6, 6.07) is 7.74. The van der Waals surface area contributed by atoms with Crippen molar-refractivity contribution in [3.05, 3.63) is 35.9 Å². The molecule has 1 aromatic rings. The Labute approximate surface area is 215 Å². The SMILES string of the molecule is CCC[C@H](NC(=O)[C@@](N)(CCCCN)C(=O)C[C@@H](C)c1ccccc1)C(=O)N[C@@H](CC(C)C)C(N)=O. The van der Waals surface area contributed by atoms with E-state index >= 15 is 0 Å². The molecule has 0 saturated carbocycles. The molecule has 9 heteroatoms. The van der Waals surface area contributed by atoms with E-state index in [2.05, 4.69) is 10.6 Å². The van der Waals surface area contributed by atoms with Gasteiger partial charge in [0.1, 0.15) is 12.1 Å². The lowest BCUT2D eigenvalue weighted by Gasteiger charge is -2.31. The minimum absolute atomic E-state index is 0.0827. The summed E-state index contributed by atoms with van der Waals surface area (Å²) >= 11 is 0. The zero-order valence-corrected chi connectivity index (χ0v) is 22.2. The average Bonchev–Trinajstić information content (AvgIpc) is 2.83. The molecule has 0 aromatic heterocycles. The lowest BCUT2D eigenvalue weighted by atomic mass is 9.82. The summed E-state index contributed by atoms with van der Waals surface area (Å²) in [6.07, 6.45) is 2.60.